The van der Waals surface area contributed by atoms with Gasteiger partial charge in [-0.25, -0.2) is 9.67 Å². The van der Waals surface area contributed by atoms with Crippen LogP contribution >= 0.6 is 0 Å². The molecule has 2 aromatic heterocycles. The maximum Gasteiger partial charge on any atom is 0.126 e. The Morgan fingerprint density at radius 3 is 2.75 bits per heavy atom. The lowest BCUT2D eigenvalue weighted by molar-refractivity contribution is 0.116. The van der Waals surface area contributed by atoms with Crippen LogP contribution < -0.4 is 5.32 Å². The Hall–Kier alpha value is -2.47. The summed E-state index contributed by atoms with van der Waals surface area (Å²) in [5.41, 5.74) is 4.02. The van der Waals surface area contributed by atoms with E-state index >= 15 is 0 Å². The molecule has 124 valence electrons. The number of benzene rings is 1. The van der Waals surface area contributed by atoms with E-state index in [0.29, 0.717) is 0 Å². The van der Waals surface area contributed by atoms with Crippen molar-refractivity contribution >= 4 is 16.9 Å². The molecule has 0 radical (unpaired) electrons. The van der Waals surface area contributed by atoms with E-state index in [0.717, 1.165) is 53.7 Å². The van der Waals surface area contributed by atoms with E-state index in [-0.39, 0.29) is 12.1 Å². The van der Waals surface area contributed by atoms with Gasteiger partial charge in [0.1, 0.15) is 11.3 Å². The van der Waals surface area contributed by atoms with E-state index in [2.05, 4.69) is 32.7 Å². The van der Waals surface area contributed by atoms with Crippen LogP contribution in [0.1, 0.15) is 25.7 Å². The Morgan fingerprint density at radius 2 is 1.96 bits per heavy atom. The molecule has 0 saturated heterocycles. The number of pyridine rings is 1. The van der Waals surface area contributed by atoms with E-state index in [1.807, 2.05) is 31.4 Å². The van der Waals surface area contributed by atoms with Gasteiger partial charge < -0.3 is 10.4 Å². The first-order chi connectivity index (χ1) is 11.7. The minimum atomic E-state index is -0.278. The number of nitrogens with one attached hydrogen (secondary N) is 1. The van der Waals surface area contributed by atoms with Gasteiger partial charge in [-0.3, -0.25) is 0 Å². The molecule has 1 saturated carbocycles. The fourth-order valence-electron chi connectivity index (χ4n) is 3.33. The maximum absolute atomic E-state index is 10.1. The Bertz CT molecular complexity index is 842. The third-order valence-corrected chi connectivity index (χ3v) is 4.77. The normalized spacial score (nSPS) is 21.1. The van der Waals surface area contributed by atoms with Crippen LogP contribution in [0.25, 0.3) is 22.2 Å². The number of aryl methyl sites for hydroxylation is 1. The molecule has 0 amide bonds. The molecular weight excluding hydrogens is 302 g/mol. The minimum Gasteiger partial charge on any atom is -0.391 e. The number of hydrogen-bond donors (Lipinski definition) is 2. The summed E-state index contributed by atoms with van der Waals surface area (Å²) in [7, 11) is 1.89. The number of nitrogens with zero attached hydrogens (tertiary/aromatic N) is 4. The molecule has 0 aliphatic heterocycles. The van der Waals surface area contributed by atoms with E-state index in [9.17, 15) is 5.11 Å². The molecule has 0 unspecified atom stereocenters. The number of fused-ring (bicyclic) bond motifs is 1. The molecule has 6 heteroatoms. The average molecular weight is 323 g/mol. The van der Waals surface area contributed by atoms with Crippen molar-refractivity contribution in [1.82, 2.24) is 20.0 Å². The maximum atomic E-state index is 10.1. The summed E-state index contributed by atoms with van der Waals surface area (Å²) in [5.74, 6) is 0.813. The highest BCUT2D eigenvalue weighted by Crippen LogP contribution is 2.25. The fraction of sp³-hybridized carbons (Fsp3) is 0.389. The number of hydrogen-bond acceptors (Lipinski definition) is 5. The van der Waals surface area contributed by atoms with Gasteiger partial charge in [0.15, 0.2) is 0 Å². The zero-order valence-electron chi connectivity index (χ0n) is 13.7. The van der Waals surface area contributed by atoms with Gasteiger partial charge in [0.05, 0.1) is 17.7 Å². The molecule has 2 atom stereocenters. The second kappa shape index (κ2) is 6.20. The molecule has 24 heavy (non-hydrogen) atoms. The van der Waals surface area contributed by atoms with Crippen molar-refractivity contribution in [3.63, 3.8) is 0 Å². The second-order valence-electron chi connectivity index (χ2n) is 6.45. The predicted molar refractivity (Wildman–Crippen MR) is 93.6 cm³/mol. The van der Waals surface area contributed by atoms with Crippen LogP contribution in [-0.2, 0) is 7.05 Å². The summed E-state index contributed by atoms with van der Waals surface area (Å²) in [6.07, 6.45) is 5.72. The smallest absolute Gasteiger partial charge is 0.126 e. The van der Waals surface area contributed by atoms with Crippen LogP contribution in [0, 0.1) is 0 Å². The average Bonchev–Trinajstić information content (AvgIpc) is 2.98. The molecule has 3 aromatic rings. The van der Waals surface area contributed by atoms with E-state index in [1.54, 1.807) is 4.68 Å². The second-order valence-corrected chi connectivity index (χ2v) is 6.45. The van der Waals surface area contributed by atoms with Crippen molar-refractivity contribution in [3.05, 3.63) is 36.5 Å². The summed E-state index contributed by atoms with van der Waals surface area (Å²) in [6, 6.07) is 10.2. The van der Waals surface area contributed by atoms with E-state index < -0.39 is 0 Å². The number of aromatic nitrogens is 4. The lowest BCUT2D eigenvalue weighted by Crippen LogP contribution is -2.36. The zero-order chi connectivity index (χ0) is 16.5. The van der Waals surface area contributed by atoms with Crippen molar-refractivity contribution in [3.8, 4) is 11.1 Å². The summed E-state index contributed by atoms with van der Waals surface area (Å²) >= 11 is 0. The molecule has 1 fully saturated rings. The zero-order valence-corrected chi connectivity index (χ0v) is 13.7. The molecule has 1 aromatic carbocycles. The first kappa shape index (κ1) is 15.1. The van der Waals surface area contributed by atoms with Crippen molar-refractivity contribution < 1.29 is 5.11 Å². The number of anilines is 1. The first-order valence-electron chi connectivity index (χ1n) is 8.41. The fourth-order valence-corrected chi connectivity index (χ4v) is 3.33. The Labute approximate surface area is 140 Å². The number of aliphatic hydroxyl groups is 1. The quantitative estimate of drug-likeness (QED) is 0.775. The van der Waals surface area contributed by atoms with Gasteiger partial charge in [-0.2, -0.15) is 0 Å². The SMILES string of the molecule is Cn1nnc2ccc(-c3ccc(N[C@H]4CCCC[C@@H]4O)nc3)cc21. The summed E-state index contributed by atoms with van der Waals surface area (Å²) in [4.78, 5) is 4.51. The molecule has 2 heterocycles. The Morgan fingerprint density at radius 1 is 1.12 bits per heavy atom. The third kappa shape index (κ3) is 2.85. The van der Waals surface area contributed by atoms with E-state index in [1.165, 1.54) is 0 Å². The van der Waals surface area contributed by atoms with Gasteiger partial charge in [-0.15, -0.1) is 5.10 Å². The van der Waals surface area contributed by atoms with Crippen molar-refractivity contribution in [1.29, 1.82) is 0 Å². The number of rotatable bonds is 3. The lowest BCUT2D eigenvalue weighted by Gasteiger charge is -2.28. The highest BCUT2D eigenvalue weighted by atomic mass is 16.3. The van der Waals surface area contributed by atoms with Gasteiger partial charge in [0, 0.05) is 18.8 Å². The van der Waals surface area contributed by atoms with Crippen LogP contribution in [0.4, 0.5) is 5.82 Å². The Kier molecular flexibility index (Phi) is 3.90. The first-order valence-corrected chi connectivity index (χ1v) is 8.41. The number of aliphatic hydroxyl groups excluding tert-OH is 1. The molecule has 4 rings (SSSR count). The lowest BCUT2D eigenvalue weighted by atomic mass is 9.92. The molecule has 2 N–H and O–H groups in total. The van der Waals surface area contributed by atoms with Crippen LogP contribution in [0.5, 0.6) is 0 Å². The molecule has 6 nitrogen and oxygen atoms in total. The summed E-state index contributed by atoms with van der Waals surface area (Å²) in [6.45, 7) is 0. The van der Waals surface area contributed by atoms with Crippen LogP contribution in [0.2, 0.25) is 0 Å². The van der Waals surface area contributed by atoms with Gasteiger partial charge in [-0.1, -0.05) is 24.1 Å². The minimum absolute atomic E-state index is 0.106. The third-order valence-electron chi connectivity index (χ3n) is 4.77. The highest BCUT2D eigenvalue weighted by Gasteiger charge is 2.22. The van der Waals surface area contributed by atoms with E-state index in [4.69, 9.17) is 0 Å². The predicted octanol–water partition coefficient (Wildman–Crippen LogP) is 2.75. The molecule has 1 aliphatic rings. The van der Waals surface area contributed by atoms with Crippen LogP contribution in [0.15, 0.2) is 36.5 Å². The van der Waals surface area contributed by atoms with Crippen molar-refractivity contribution in [2.75, 3.05) is 5.32 Å². The van der Waals surface area contributed by atoms with Gasteiger partial charge in [0.2, 0.25) is 0 Å². The summed E-state index contributed by atoms with van der Waals surface area (Å²) in [5, 5.41) is 21.6. The van der Waals surface area contributed by atoms with Gasteiger partial charge >= 0.3 is 0 Å². The standard InChI is InChI=1S/C18H21N5O/c1-23-16-10-12(6-8-14(16)21-22-23)13-7-9-18(19-11-13)20-15-4-2-3-5-17(15)24/h6-11,15,17,24H,2-5H2,1H3,(H,19,20)/t15-,17-/m0/s1. The molecular formula is C18H21N5O. The molecule has 0 spiro atoms. The highest BCUT2D eigenvalue weighted by molar-refractivity contribution is 5.81. The van der Waals surface area contributed by atoms with Gasteiger partial charge in [-0.05, 0) is 42.7 Å². The molecule has 0 bridgehead atoms. The van der Waals surface area contributed by atoms with Crippen molar-refractivity contribution in [2.45, 2.75) is 37.8 Å². The summed E-state index contributed by atoms with van der Waals surface area (Å²) < 4.78 is 1.77. The monoisotopic (exact) mass is 323 g/mol. The largest absolute Gasteiger partial charge is 0.391 e. The Balaban J connectivity index is 1.55. The van der Waals surface area contributed by atoms with Gasteiger partial charge in [0.25, 0.3) is 0 Å². The van der Waals surface area contributed by atoms with Crippen LogP contribution in [-0.4, -0.2) is 37.2 Å². The topological polar surface area (TPSA) is 75.9 Å². The molecule has 1 aliphatic carbocycles. The van der Waals surface area contributed by atoms with Crippen LogP contribution in [0.3, 0.4) is 0 Å². The van der Waals surface area contributed by atoms with Crippen molar-refractivity contribution in [2.24, 2.45) is 7.05 Å².